The third-order valence-electron chi connectivity index (χ3n) is 3.93. The second kappa shape index (κ2) is 5.39. The monoisotopic (exact) mass is 291 g/mol. The number of carboxylic acids is 1. The highest BCUT2D eigenvalue weighted by atomic mass is 16.5. The number of nitrogens with zero attached hydrogens (tertiary/aromatic N) is 1. The molecule has 5 nitrogen and oxygen atoms in total. The van der Waals surface area contributed by atoms with Crippen molar-refractivity contribution in [2.24, 2.45) is 0 Å². The predicted octanol–water partition coefficient (Wildman–Crippen LogP) is 2.79. The Hall–Kier alpha value is -2.04. The first-order valence-corrected chi connectivity index (χ1v) is 7.16. The van der Waals surface area contributed by atoms with Gasteiger partial charge in [0.15, 0.2) is 5.60 Å². The SMILES string of the molecule is CCC1(C)Oc2c(C(C)C)cccc2N(CC(=O)O)C1=O. The minimum absolute atomic E-state index is 0.223. The quantitative estimate of drug-likeness (QED) is 0.926. The van der Waals surface area contributed by atoms with Crippen LogP contribution in [0, 0.1) is 0 Å². The molecule has 1 unspecified atom stereocenters. The fraction of sp³-hybridized carbons (Fsp3) is 0.500. The van der Waals surface area contributed by atoms with Crippen molar-refractivity contribution in [3.8, 4) is 5.75 Å². The molecule has 1 atom stereocenters. The molecule has 0 aliphatic carbocycles. The van der Waals surface area contributed by atoms with Crippen molar-refractivity contribution in [3.63, 3.8) is 0 Å². The van der Waals surface area contributed by atoms with Crippen molar-refractivity contribution >= 4 is 17.6 Å². The summed E-state index contributed by atoms with van der Waals surface area (Å²) < 4.78 is 6.00. The average Bonchev–Trinajstić information content (AvgIpc) is 2.42. The number of benzene rings is 1. The van der Waals surface area contributed by atoms with Crippen LogP contribution in [0.3, 0.4) is 0 Å². The van der Waals surface area contributed by atoms with Gasteiger partial charge in [0, 0.05) is 0 Å². The van der Waals surface area contributed by atoms with Gasteiger partial charge in [0.25, 0.3) is 5.91 Å². The minimum Gasteiger partial charge on any atom is -0.480 e. The van der Waals surface area contributed by atoms with Crippen LogP contribution in [0.1, 0.15) is 45.6 Å². The van der Waals surface area contributed by atoms with Crippen molar-refractivity contribution < 1.29 is 19.4 Å². The van der Waals surface area contributed by atoms with Crippen LogP contribution in [0.15, 0.2) is 18.2 Å². The smallest absolute Gasteiger partial charge is 0.323 e. The fourth-order valence-corrected chi connectivity index (χ4v) is 2.50. The first-order valence-electron chi connectivity index (χ1n) is 7.16. The van der Waals surface area contributed by atoms with E-state index in [4.69, 9.17) is 9.84 Å². The molecule has 0 saturated heterocycles. The number of amides is 1. The third-order valence-corrected chi connectivity index (χ3v) is 3.93. The molecule has 0 bridgehead atoms. The Kier molecular flexibility index (Phi) is 3.94. The molecule has 5 heteroatoms. The predicted molar refractivity (Wildman–Crippen MR) is 79.8 cm³/mol. The van der Waals surface area contributed by atoms with E-state index in [2.05, 4.69) is 0 Å². The lowest BCUT2D eigenvalue weighted by Crippen LogP contribution is -2.55. The van der Waals surface area contributed by atoms with Crippen LogP contribution >= 0.6 is 0 Å². The van der Waals surface area contributed by atoms with Crippen LogP contribution in [-0.2, 0) is 9.59 Å². The summed E-state index contributed by atoms with van der Waals surface area (Å²) >= 11 is 0. The number of aliphatic carboxylic acids is 1. The second-order valence-electron chi connectivity index (χ2n) is 5.82. The molecule has 1 N–H and O–H groups in total. The Morgan fingerprint density at radius 2 is 2.10 bits per heavy atom. The van der Waals surface area contributed by atoms with Gasteiger partial charge in [-0.05, 0) is 30.9 Å². The molecule has 0 radical (unpaired) electrons. The van der Waals surface area contributed by atoms with E-state index in [9.17, 15) is 9.59 Å². The fourth-order valence-electron chi connectivity index (χ4n) is 2.50. The molecule has 1 heterocycles. The maximum Gasteiger partial charge on any atom is 0.323 e. The molecule has 0 aromatic heterocycles. The van der Waals surface area contributed by atoms with E-state index in [1.807, 2.05) is 32.9 Å². The summed E-state index contributed by atoms with van der Waals surface area (Å²) in [6, 6.07) is 5.51. The van der Waals surface area contributed by atoms with Crippen LogP contribution in [0.4, 0.5) is 5.69 Å². The lowest BCUT2D eigenvalue weighted by Gasteiger charge is -2.40. The third kappa shape index (κ3) is 2.60. The van der Waals surface area contributed by atoms with E-state index in [0.29, 0.717) is 17.9 Å². The molecule has 1 aliphatic rings. The van der Waals surface area contributed by atoms with Gasteiger partial charge in [-0.3, -0.25) is 14.5 Å². The zero-order valence-corrected chi connectivity index (χ0v) is 12.8. The van der Waals surface area contributed by atoms with E-state index in [0.717, 1.165) is 5.56 Å². The molecule has 1 aliphatic heterocycles. The van der Waals surface area contributed by atoms with Gasteiger partial charge >= 0.3 is 5.97 Å². The lowest BCUT2D eigenvalue weighted by atomic mass is 9.94. The van der Waals surface area contributed by atoms with Crippen LogP contribution in [-0.4, -0.2) is 29.1 Å². The highest BCUT2D eigenvalue weighted by Gasteiger charge is 2.44. The molecular formula is C16H21NO4. The summed E-state index contributed by atoms with van der Waals surface area (Å²) in [5, 5.41) is 9.10. The molecule has 1 amide bonds. The van der Waals surface area contributed by atoms with E-state index < -0.39 is 11.6 Å². The van der Waals surface area contributed by atoms with Crippen LogP contribution in [0.25, 0.3) is 0 Å². The molecule has 21 heavy (non-hydrogen) atoms. The van der Waals surface area contributed by atoms with Gasteiger partial charge in [-0.25, -0.2) is 0 Å². The molecule has 0 fully saturated rings. The maximum absolute atomic E-state index is 12.6. The van der Waals surface area contributed by atoms with Gasteiger partial charge in [0.2, 0.25) is 0 Å². The van der Waals surface area contributed by atoms with Gasteiger partial charge in [-0.15, -0.1) is 0 Å². The number of ether oxygens (including phenoxy) is 1. The standard InChI is InChI=1S/C16H21NO4/c1-5-16(4)15(20)17(9-13(18)19)12-8-6-7-11(10(2)3)14(12)21-16/h6-8,10H,5,9H2,1-4H3,(H,18,19). The number of anilines is 1. The number of hydrogen-bond acceptors (Lipinski definition) is 3. The Morgan fingerprint density at radius 1 is 1.43 bits per heavy atom. The second-order valence-corrected chi connectivity index (χ2v) is 5.82. The van der Waals surface area contributed by atoms with E-state index >= 15 is 0 Å². The van der Waals surface area contributed by atoms with Gasteiger partial charge in [0.05, 0.1) is 5.69 Å². The maximum atomic E-state index is 12.6. The molecule has 1 aromatic rings. The van der Waals surface area contributed by atoms with Crippen molar-refractivity contribution in [2.75, 3.05) is 11.4 Å². The van der Waals surface area contributed by atoms with Gasteiger partial charge in [-0.2, -0.15) is 0 Å². The topological polar surface area (TPSA) is 66.8 Å². The van der Waals surface area contributed by atoms with Gasteiger partial charge < -0.3 is 9.84 Å². The Morgan fingerprint density at radius 3 is 2.62 bits per heavy atom. The van der Waals surface area contributed by atoms with Crippen LogP contribution in [0.2, 0.25) is 0 Å². The number of fused-ring (bicyclic) bond motifs is 1. The van der Waals surface area contributed by atoms with Crippen LogP contribution < -0.4 is 9.64 Å². The van der Waals surface area contributed by atoms with Crippen molar-refractivity contribution in [2.45, 2.75) is 45.6 Å². The van der Waals surface area contributed by atoms with Crippen molar-refractivity contribution in [1.29, 1.82) is 0 Å². The first kappa shape index (κ1) is 15.4. The number of carbonyl (C=O) groups is 2. The van der Waals surface area contributed by atoms with E-state index in [1.54, 1.807) is 13.0 Å². The van der Waals surface area contributed by atoms with Crippen molar-refractivity contribution in [1.82, 2.24) is 0 Å². The average molecular weight is 291 g/mol. The summed E-state index contributed by atoms with van der Waals surface area (Å²) in [6.45, 7) is 7.30. The molecular weight excluding hydrogens is 270 g/mol. The minimum atomic E-state index is -1.04. The van der Waals surface area contributed by atoms with E-state index in [1.165, 1.54) is 4.90 Å². The normalized spacial score (nSPS) is 21.2. The highest BCUT2D eigenvalue weighted by Crippen LogP contribution is 2.43. The van der Waals surface area contributed by atoms with Gasteiger partial charge in [0.1, 0.15) is 12.3 Å². The number of para-hydroxylation sites is 1. The Balaban J connectivity index is 2.61. The number of hydrogen-bond donors (Lipinski definition) is 1. The molecule has 2 rings (SSSR count). The Bertz CT molecular complexity index is 582. The first-order chi connectivity index (χ1) is 9.80. The molecule has 0 saturated carbocycles. The highest BCUT2D eigenvalue weighted by molar-refractivity contribution is 6.05. The summed E-state index contributed by atoms with van der Waals surface area (Å²) in [5.41, 5.74) is 0.502. The Labute approximate surface area is 124 Å². The van der Waals surface area contributed by atoms with Crippen molar-refractivity contribution in [3.05, 3.63) is 23.8 Å². The number of carbonyl (C=O) groups excluding carboxylic acids is 1. The van der Waals surface area contributed by atoms with E-state index in [-0.39, 0.29) is 18.4 Å². The summed E-state index contributed by atoms with van der Waals surface area (Å²) in [4.78, 5) is 25.0. The zero-order chi connectivity index (χ0) is 15.8. The van der Waals surface area contributed by atoms with Crippen LogP contribution in [0.5, 0.6) is 5.75 Å². The molecule has 1 aromatic carbocycles. The summed E-state index contributed by atoms with van der Waals surface area (Å²) in [7, 11) is 0. The number of carboxylic acid groups (broad SMARTS) is 1. The lowest BCUT2D eigenvalue weighted by molar-refractivity contribution is -0.140. The summed E-state index contributed by atoms with van der Waals surface area (Å²) in [6.07, 6.45) is 0.480. The zero-order valence-electron chi connectivity index (χ0n) is 12.8. The largest absolute Gasteiger partial charge is 0.480 e. The van der Waals surface area contributed by atoms with Gasteiger partial charge in [-0.1, -0.05) is 32.9 Å². The summed E-state index contributed by atoms with van der Waals surface area (Å²) in [5.74, 6) is -0.496. The number of rotatable bonds is 4. The molecule has 114 valence electrons. The molecule has 0 spiro atoms.